The molecule has 0 radical (unpaired) electrons. The summed E-state index contributed by atoms with van der Waals surface area (Å²) in [6.45, 7) is 2.80. The average molecular weight is 436 g/mol. The van der Waals surface area contributed by atoms with Crippen LogP contribution in [0.4, 0.5) is 0 Å². The van der Waals surface area contributed by atoms with Crippen molar-refractivity contribution in [3.05, 3.63) is 18.2 Å². The van der Waals surface area contributed by atoms with Crippen LogP contribution < -0.4 is 14.8 Å². The van der Waals surface area contributed by atoms with Crippen molar-refractivity contribution in [1.82, 2.24) is 14.5 Å². The second kappa shape index (κ2) is 9.75. The molecule has 0 aliphatic carbocycles. The van der Waals surface area contributed by atoms with Crippen molar-refractivity contribution in [3.63, 3.8) is 0 Å². The number of rotatable bonds is 5. The summed E-state index contributed by atoms with van der Waals surface area (Å²) in [5.41, 5.74) is 0. The van der Waals surface area contributed by atoms with E-state index in [-0.39, 0.29) is 42.0 Å². The smallest absolute Gasteiger partial charge is 0.253 e. The molecular weight excluding hydrogens is 410 g/mol. The van der Waals surface area contributed by atoms with Gasteiger partial charge in [0.05, 0.1) is 20.8 Å². The number of nitrogens with one attached hydrogen (secondary N) is 1. The van der Waals surface area contributed by atoms with E-state index in [4.69, 9.17) is 14.2 Å². The van der Waals surface area contributed by atoms with Crippen LogP contribution in [0.5, 0.6) is 11.5 Å². The molecule has 2 aliphatic rings. The molecule has 3 rings (SSSR count). The Morgan fingerprint density at radius 3 is 2.46 bits per heavy atom. The van der Waals surface area contributed by atoms with Crippen LogP contribution in [0, 0.1) is 0 Å². The third-order valence-electron chi connectivity index (χ3n) is 4.74. The van der Waals surface area contributed by atoms with E-state index >= 15 is 0 Å². The van der Waals surface area contributed by atoms with Gasteiger partial charge in [-0.25, -0.2) is 8.42 Å². The van der Waals surface area contributed by atoms with Gasteiger partial charge in [0.25, 0.3) is 5.91 Å². The average Bonchev–Trinajstić information content (AvgIpc) is 2.73. The Kier molecular flexibility index (Phi) is 7.90. The van der Waals surface area contributed by atoms with E-state index in [0.717, 1.165) is 6.54 Å². The molecule has 1 amide bonds. The standard InChI is InChI=1S/C17H25N3O6S.ClH/c1-24-13-3-4-14(25-2)16(11-13)27(22,23)20-8-6-19(7-9-20)17(21)15-12-18-5-10-26-15;/h3-4,11,15,18H,5-10,12H2,1-2H3;1H. The number of sulfonamides is 1. The molecule has 1 aromatic carbocycles. The summed E-state index contributed by atoms with van der Waals surface area (Å²) in [5, 5.41) is 3.13. The van der Waals surface area contributed by atoms with Crippen LogP contribution in [0.3, 0.4) is 0 Å². The van der Waals surface area contributed by atoms with E-state index in [1.54, 1.807) is 17.0 Å². The lowest BCUT2D eigenvalue weighted by Crippen LogP contribution is -2.55. The first-order valence-corrected chi connectivity index (χ1v) is 10.2. The van der Waals surface area contributed by atoms with Gasteiger partial charge in [0.15, 0.2) is 0 Å². The molecule has 2 heterocycles. The Morgan fingerprint density at radius 1 is 1.18 bits per heavy atom. The molecule has 11 heteroatoms. The second-order valence-corrected chi connectivity index (χ2v) is 8.22. The third-order valence-corrected chi connectivity index (χ3v) is 6.66. The predicted octanol–water partition coefficient (Wildman–Crippen LogP) is -0.0531. The fourth-order valence-corrected chi connectivity index (χ4v) is 4.79. The summed E-state index contributed by atoms with van der Waals surface area (Å²) in [7, 11) is -0.861. The zero-order chi connectivity index (χ0) is 19.4. The number of carbonyl (C=O) groups excluding carboxylic acids is 1. The lowest BCUT2D eigenvalue weighted by atomic mass is 10.2. The van der Waals surface area contributed by atoms with E-state index in [1.807, 2.05) is 0 Å². The minimum absolute atomic E-state index is 0. The lowest BCUT2D eigenvalue weighted by molar-refractivity contribution is -0.146. The zero-order valence-corrected chi connectivity index (χ0v) is 17.6. The van der Waals surface area contributed by atoms with Crippen molar-refractivity contribution in [1.29, 1.82) is 0 Å². The molecule has 1 aromatic rings. The number of hydrogen-bond acceptors (Lipinski definition) is 7. The first-order chi connectivity index (χ1) is 13.0. The molecule has 2 aliphatic heterocycles. The summed E-state index contributed by atoms with van der Waals surface area (Å²) < 4.78 is 43.3. The summed E-state index contributed by atoms with van der Waals surface area (Å²) in [6, 6.07) is 4.67. The van der Waals surface area contributed by atoms with Crippen LogP contribution in [0.1, 0.15) is 0 Å². The molecule has 9 nitrogen and oxygen atoms in total. The Hall–Kier alpha value is -1.59. The number of halogens is 1. The third kappa shape index (κ3) is 4.69. The summed E-state index contributed by atoms with van der Waals surface area (Å²) in [6.07, 6.45) is -0.500. The quantitative estimate of drug-likeness (QED) is 0.692. The Balaban J connectivity index is 0.00000280. The number of carbonyl (C=O) groups is 1. The van der Waals surface area contributed by atoms with Gasteiger partial charge < -0.3 is 24.4 Å². The fraction of sp³-hybridized carbons (Fsp3) is 0.588. The van der Waals surface area contributed by atoms with Gasteiger partial charge in [-0.1, -0.05) is 0 Å². The number of nitrogens with zero attached hydrogens (tertiary/aromatic N) is 2. The number of morpholine rings is 1. The Bertz CT molecular complexity index is 777. The molecule has 0 bridgehead atoms. The second-order valence-electron chi connectivity index (χ2n) is 6.31. The number of methoxy groups -OCH3 is 2. The van der Waals surface area contributed by atoms with Crippen molar-refractivity contribution in [3.8, 4) is 11.5 Å². The van der Waals surface area contributed by atoms with Crippen LogP contribution >= 0.6 is 12.4 Å². The van der Waals surface area contributed by atoms with Crippen LogP contribution in [-0.2, 0) is 19.6 Å². The van der Waals surface area contributed by atoms with Crippen molar-refractivity contribution >= 4 is 28.3 Å². The molecule has 0 saturated carbocycles. The van der Waals surface area contributed by atoms with Gasteiger partial charge in [0, 0.05) is 45.3 Å². The number of ether oxygens (including phenoxy) is 3. The molecular formula is C17H26ClN3O6S. The van der Waals surface area contributed by atoms with E-state index in [1.165, 1.54) is 24.6 Å². The molecule has 0 spiro atoms. The maximum absolute atomic E-state index is 13.1. The van der Waals surface area contributed by atoms with Crippen LogP contribution in [0.2, 0.25) is 0 Å². The first-order valence-electron chi connectivity index (χ1n) is 8.80. The highest BCUT2D eigenvalue weighted by Gasteiger charge is 2.34. The molecule has 158 valence electrons. The summed E-state index contributed by atoms with van der Waals surface area (Å²) in [4.78, 5) is 14.2. The maximum atomic E-state index is 13.1. The van der Waals surface area contributed by atoms with Crippen molar-refractivity contribution < 1.29 is 27.4 Å². The SMILES string of the molecule is COc1ccc(OC)c(S(=O)(=O)N2CCN(C(=O)C3CNCCO3)CC2)c1.Cl. The van der Waals surface area contributed by atoms with Gasteiger partial charge in [-0.15, -0.1) is 12.4 Å². The Morgan fingerprint density at radius 2 is 1.89 bits per heavy atom. The highest BCUT2D eigenvalue weighted by molar-refractivity contribution is 7.89. The molecule has 2 fully saturated rings. The molecule has 1 unspecified atom stereocenters. The topological polar surface area (TPSA) is 97.4 Å². The molecule has 1 atom stereocenters. The van der Waals surface area contributed by atoms with Gasteiger partial charge in [0.1, 0.15) is 22.5 Å². The number of amides is 1. The Labute approximate surface area is 171 Å². The van der Waals surface area contributed by atoms with E-state index in [0.29, 0.717) is 32.0 Å². The predicted molar refractivity (Wildman–Crippen MR) is 105 cm³/mol. The molecule has 1 N–H and O–H groups in total. The van der Waals surface area contributed by atoms with E-state index < -0.39 is 16.1 Å². The van der Waals surface area contributed by atoms with Gasteiger partial charge >= 0.3 is 0 Å². The van der Waals surface area contributed by atoms with Crippen molar-refractivity contribution in [2.75, 3.05) is 60.1 Å². The monoisotopic (exact) mass is 435 g/mol. The highest BCUT2D eigenvalue weighted by atomic mass is 35.5. The van der Waals surface area contributed by atoms with Gasteiger partial charge in [-0.3, -0.25) is 4.79 Å². The molecule has 0 aromatic heterocycles. The van der Waals surface area contributed by atoms with Crippen LogP contribution in [0.25, 0.3) is 0 Å². The normalized spacial score (nSPS) is 20.9. The maximum Gasteiger partial charge on any atom is 0.253 e. The van der Waals surface area contributed by atoms with Crippen LogP contribution in [0.15, 0.2) is 23.1 Å². The zero-order valence-electron chi connectivity index (χ0n) is 15.9. The number of benzene rings is 1. The van der Waals surface area contributed by atoms with Crippen molar-refractivity contribution in [2.24, 2.45) is 0 Å². The highest BCUT2D eigenvalue weighted by Crippen LogP contribution is 2.31. The minimum Gasteiger partial charge on any atom is -0.497 e. The van der Waals surface area contributed by atoms with Gasteiger partial charge in [0.2, 0.25) is 10.0 Å². The first kappa shape index (κ1) is 22.7. The van der Waals surface area contributed by atoms with E-state index in [9.17, 15) is 13.2 Å². The lowest BCUT2D eigenvalue weighted by Gasteiger charge is -2.36. The van der Waals surface area contributed by atoms with Crippen molar-refractivity contribution in [2.45, 2.75) is 11.0 Å². The largest absolute Gasteiger partial charge is 0.497 e. The summed E-state index contributed by atoms with van der Waals surface area (Å²) in [5.74, 6) is 0.597. The molecule has 28 heavy (non-hydrogen) atoms. The molecule has 2 saturated heterocycles. The summed E-state index contributed by atoms with van der Waals surface area (Å²) >= 11 is 0. The number of hydrogen-bond donors (Lipinski definition) is 1. The number of piperazine rings is 1. The van der Waals surface area contributed by atoms with Crippen LogP contribution in [-0.4, -0.2) is 89.7 Å². The van der Waals surface area contributed by atoms with E-state index in [2.05, 4.69) is 5.32 Å². The van der Waals surface area contributed by atoms with Gasteiger partial charge in [-0.2, -0.15) is 4.31 Å². The fourth-order valence-electron chi connectivity index (χ4n) is 3.20. The minimum atomic E-state index is -3.76. The van der Waals surface area contributed by atoms with Gasteiger partial charge in [-0.05, 0) is 12.1 Å².